The second-order valence-electron chi connectivity index (χ2n) is 6.07. The van der Waals surface area contributed by atoms with Crippen LogP contribution >= 0.6 is 11.8 Å². The van der Waals surface area contributed by atoms with E-state index in [4.69, 9.17) is 0 Å². The molecule has 0 aliphatic rings. The summed E-state index contributed by atoms with van der Waals surface area (Å²) in [5.41, 5.74) is 1.48. The summed E-state index contributed by atoms with van der Waals surface area (Å²) in [6.45, 7) is 8.32. The van der Waals surface area contributed by atoms with Crippen LogP contribution in [0.5, 0.6) is 0 Å². The molecule has 0 aliphatic heterocycles. The molecule has 0 aliphatic carbocycles. The van der Waals surface area contributed by atoms with Crippen molar-refractivity contribution in [3.63, 3.8) is 0 Å². The summed E-state index contributed by atoms with van der Waals surface area (Å²) >= 11 is 1.35. The lowest BCUT2D eigenvalue weighted by atomic mass is 10.1. The van der Waals surface area contributed by atoms with Crippen molar-refractivity contribution in [2.24, 2.45) is 0 Å². The van der Waals surface area contributed by atoms with E-state index < -0.39 is 0 Å². The highest BCUT2D eigenvalue weighted by Gasteiger charge is 2.15. The molecular formula is C22H20FN3OS. The topological polar surface area (TPSA) is 46.1 Å². The highest BCUT2D eigenvalue weighted by atomic mass is 32.2. The fraction of sp³-hybridized carbons (Fsp3) is 0.136. The van der Waals surface area contributed by atoms with Gasteiger partial charge in [0.25, 0.3) is 0 Å². The van der Waals surface area contributed by atoms with Gasteiger partial charge in [-0.2, -0.15) is 0 Å². The number of hydrogen-bond donors (Lipinski definition) is 0. The zero-order chi connectivity index (χ0) is 19.9. The van der Waals surface area contributed by atoms with E-state index in [2.05, 4.69) is 23.4 Å². The van der Waals surface area contributed by atoms with Crippen LogP contribution in [-0.2, 0) is 4.79 Å². The Morgan fingerprint density at radius 1 is 1.00 bits per heavy atom. The molecule has 28 heavy (non-hydrogen) atoms. The van der Waals surface area contributed by atoms with Crippen LogP contribution in [0.4, 0.5) is 4.39 Å². The van der Waals surface area contributed by atoms with E-state index in [9.17, 15) is 9.18 Å². The van der Waals surface area contributed by atoms with Crippen LogP contribution in [0.1, 0.15) is 0 Å². The maximum Gasteiger partial charge on any atom is 0.233 e. The summed E-state index contributed by atoms with van der Waals surface area (Å²) in [6.07, 6.45) is 3.39. The Labute approximate surface area is 167 Å². The molecule has 0 bridgehead atoms. The molecular weight excluding hydrogens is 373 g/mol. The van der Waals surface area contributed by atoms with Crippen LogP contribution in [-0.4, -0.2) is 39.8 Å². The molecule has 1 amide bonds. The largest absolute Gasteiger partial charge is 0.335 e. The molecule has 6 heteroatoms. The summed E-state index contributed by atoms with van der Waals surface area (Å²) in [6, 6.07) is 13.9. The quantitative estimate of drug-likeness (QED) is 0.410. The smallest absolute Gasteiger partial charge is 0.233 e. The fourth-order valence-electron chi connectivity index (χ4n) is 2.82. The Balaban J connectivity index is 1.88. The summed E-state index contributed by atoms with van der Waals surface area (Å²) in [4.78, 5) is 14.2. The van der Waals surface area contributed by atoms with Crippen LogP contribution in [0.2, 0.25) is 0 Å². The van der Waals surface area contributed by atoms with Gasteiger partial charge < -0.3 is 4.90 Å². The van der Waals surface area contributed by atoms with Gasteiger partial charge in [0.15, 0.2) is 0 Å². The molecule has 3 aromatic rings. The van der Waals surface area contributed by atoms with Crippen molar-refractivity contribution < 1.29 is 9.18 Å². The Kier molecular flexibility index (Phi) is 6.55. The molecule has 3 rings (SSSR count). The minimum Gasteiger partial charge on any atom is -0.335 e. The highest BCUT2D eigenvalue weighted by Crippen LogP contribution is 2.31. The summed E-state index contributed by atoms with van der Waals surface area (Å²) in [7, 11) is 0. The summed E-state index contributed by atoms with van der Waals surface area (Å²) in [5.74, 6) is -0.0652. The molecule has 142 valence electrons. The fourth-order valence-corrected chi connectivity index (χ4v) is 3.69. The Morgan fingerprint density at radius 2 is 1.64 bits per heavy atom. The lowest BCUT2D eigenvalue weighted by molar-refractivity contribution is -0.127. The second-order valence-corrected chi connectivity index (χ2v) is 7.04. The lowest BCUT2D eigenvalue weighted by Crippen LogP contribution is -2.32. The first kappa shape index (κ1) is 19.8. The minimum absolute atomic E-state index is 0.0155. The van der Waals surface area contributed by atoms with Gasteiger partial charge in [-0.05, 0) is 24.3 Å². The van der Waals surface area contributed by atoms with Crippen molar-refractivity contribution in [3.05, 3.63) is 79.7 Å². The maximum absolute atomic E-state index is 13.2. The van der Waals surface area contributed by atoms with Gasteiger partial charge in [0.1, 0.15) is 16.5 Å². The first-order valence-electron chi connectivity index (χ1n) is 8.77. The Bertz CT molecular complexity index is 994. The van der Waals surface area contributed by atoms with Crippen LogP contribution in [0, 0.1) is 5.82 Å². The third-order valence-electron chi connectivity index (χ3n) is 4.16. The zero-order valence-electron chi connectivity index (χ0n) is 15.3. The van der Waals surface area contributed by atoms with Crippen LogP contribution in [0.25, 0.3) is 22.0 Å². The van der Waals surface area contributed by atoms with Crippen LogP contribution in [0.15, 0.2) is 78.9 Å². The van der Waals surface area contributed by atoms with Gasteiger partial charge in [-0.3, -0.25) is 4.79 Å². The van der Waals surface area contributed by atoms with Crippen LogP contribution in [0.3, 0.4) is 0 Å². The third kappa shape index (κ3) is 4.46. The molecule has 1 aromatic heterocycles. The molecule has 4 nitrogen and oxygen atoms in total. The summed E-state index contributed by atoms with van der Waals surface area (Å²) < 4.78 is 13.2. The number of halogens is 1. The van der Waals surface area contributed by atoms with Crippen molar-refractivity contribution in [1.82, 2.24) is 15.1 Å². The lowest BCUT2D eigenvalue weighted by Gasteiger charge is -2.19. The van der Waals surface area contributed by atoms with E-state index in [1.165, 1.54) is 23.9 Å². The Hall–Kier alpha value is -2.99. The van der Waals surface area contributed by atoms with E-state index in [1.807, 2.05) is 24.3 Å². The predicted octanol–water partition coefficient (Wildman–Crippen LogP) is 4.73. The van der Waals surface area contributed by atoms with E-state index in [0.717, 1.165) is 16.3 Å². The van der Waals surface area contributed by atoms with E-state index in [0.29, 0.717) is 23.8 Å². The molecule has 0 fully saturated rings. The number of hydrogen-bond acceptors (Lipinski definition) is 4. The standard InChI is InChI=1S/C22H20FN3OS/c1-3-13-26(14-4-2)20(27)15-28-22-19-8-6-5-7-18(19)21(24-25-22)16-9-11-17(23)12-10-16/h3-12H,1-2,13-15H2. The van der Waals surface area contributed by atoms with Gasteiger partial charge in [-0.1, -0.05) is 48.2 Å². The number of carbonyl (C=O) groups is 1. The van der Waals surface area contributed by atoms with E-state index >= 15 is 0 Å². The number of carbonyl (C=O) groups excluding carboxylic acids is 1. The van der Waals surface area contributed by atoms with Gasteiger partial charge in [0.2, 0.25) is 5.91 Å². The highest BCUT2D eigenvalue weighted by molar-refractivity contribution is 8.00. The summed E-state index contributed by atoms with van der Waals surface area (Å²) in [5, 5.41) is 11.2. The maximum atomic E-state index is 13.2. The molecule has 1 heterocycles. The molecule has 0 radical (unpaired) electrons. The molecule has 2 aromatic carbocycles. The first-order valence-corrected chi connectivity index (χ1v) is 9.76. The monoisotopic (exact) mass is 393 g/mol. The van der Waals surface area contributed by atoms with Crippen molar-refractivity contribution in [1.29, 1.82) is 0 Å². The molecule has 0 saturated carbocycles. The molecule has 0 unspecified atom stereocenters. The number of aromatic nitrogens is 2. The number of thioether (sulfide) groups is 1. The van der Waals surface area contributed by atoms with Gasteiger partial charge >= 0.3 is 0 Å². The molecule has 0 saturated heterocycles. The zero-order valence-corrected chi connectivity index (χ0v) is 16.2. The van der Waals surface area contributed by atoms with Crippen molar-refractivity contribution in [2.75, 3.05) is 18.8 Å². The predicted molar refractivity (Wildman–Crippen MR) is 113 cm³/mol. The number of nitrogens with zero attached hydrogens (tertiary/aromatic N) is 3. The third-order valence-corrected chi connectivity index (χ3v) is 5.12. The van der Waals surface area contributed by atoms with Crippen molar-refractivity contribution in [3.8, 4) is 11.3 Å². The van der Waals surface area contributed by atoms with Gasteiger partial charge in [-0.15, -0.1) is 23.4 Å². The van der Waals surface area contributed by atoms with Gasteiger partial charge in [-0.25, -0.2) is 4.39 Å². The number of fused-ring (bicyclic) bond motifs is 1. The van der Waals surface area contributed by atoms with Crippen LogP contribution < -0.4 is 0 Å². The minimum atomic E-state index is -0.296. The van der Waals surface area contributed by atoms with E-state index in [-0.39, 0.29) is 17.5 Å². The van der Waals surface area contributed by atoms with Crippen molar-refractivity contribution >= 4 is 28.4 Å². The molecule has 0 N–H and O–H groups in total. The van der Waals surface area contributed by atoms with E-state index in [1.54, 1.807) is 29.2 Å². The number of amides is 1. The Morgan fingerprint density at radius 3 is 2.29 bits per heavy atom. The number of benzene rings is 2. The SMILES string of the molecule is C=CCN(CC=C)C(=O)CSc1nnc(-c2ccc(F)cc2)c2ccccc12. The van der Waals surface area contributed by atoms with Gasteiger partial charge in [0, 0.05) is 29.4 Å². The number of rotatable bonds is 8. The average Bonchev–Trinajstić information content (AvgIpc) is 2.72. The second kappa shape index (κ2) is 9.28. The first-order chi connectivity index (χ1) is 13.6. The molecule has 0 atom stereocenters. The van der Waals surface area contributed by atoms with Gasteiger partial charge in [0.05, 0.1) is 5.75 Å². The van der Waals surface area contributed by atoms with Crippen molar-refractivity contribution in [2.45, 2.75) is 5.03 Å². The molecule has 0 spiro atoms. The average molecular weight is 393 g/mol. The normalized spacial score (nSPS) is 10.6.